The van der Waals surface area contributed by atoms with E-state index in [1.807, 2.05) is 0 Å². The van der Waals surface area contributed by atoms with Crippen molar-refractivity contribution in [2.24, 2.45) is 5.14 Å². The lowest BCUT2D eigenvalue weighted by atomic mass is 10.1. The van der Waals surface area contributed by atoms with Crippen molar-refractivity contribution < 1.29 is 8.42 Å². The smallest absolute Gasteiger partial charge is 0.247 e. The van der Waals surface area contributed by atoms with Crippen LogP contribution in [-0.4, -0.2) is 32.4 Å². The number of nitrogens with one attached hydrogen (secondary N) is 1. The van der Waals surface area contributed by atoms with Crippen molar-refractivity contribution in [1.82, 2.24) is 9.62 Å². The summed E-state index contributed by atoms with van der Waals surface area (Å²) in [7, 11) is -3.61. The molecule has 126 valence electrons. The minimum Gasteiger partial charge on any atom is -0.309 e. The summed E-state index contributed by atoms with van der Waals surface area (Å²) in [5, 5.41) is 8.67. The zero-order chi connectivity index (χ0) is 16.8. The molecule has 3 N–H and O–H groups in total. The summed E-state index contributed by atoms with van der Waals surface area (Å²) in [6, 6.07) is 1.91. The zero-order valence-corrected chi connectivity index (χ0v) is 15.0. The highest BCUT2D eigenvalue weighted by atomic mass is 32.3. The molecule has 0 saturated carbocycles. The van der Waals surface area contributed by atoms with Gasteiger partial charge in [0.25, 0.3) is 0 Å². The van der Waals surface area contributed by atoms with Gasteiger partial charge < -0.3 is 5.32 Å². The third kappa shape index (κ3) is 5.00. The summed E-state index contributed by atoms with van der Waals surface area (Å²) in [4.78, 5) is 14.0. The van der Waals surface area contributed by atoms with Gasteiger partial charge in [0, 0.05) is 29.1 Å². The van der Waals surface area contributed by atoms with Gasteiger partial charge in [-0.05, 0) is 36.5 Å². The molecule has 0 aromatic carbocycles. The second-order valence-electron chi connectivity index (χ2n) is 4.80. The average molecular weight is 368 g/mol. The first-order valence-corrected chi connectivity index (χ1v) is 10.1. The van der Waals surface area contributed by atoms with Gasteiger partial charge in [-0.1, -0.05) is 20.3 Å². The summed E-state index contributed by atoms with van der Waals surface area (Å²) < 4.78 is 26.6. The van der Waals surface area contributed by atoms with Crippen LogP contribution in [0.25, 0.3) is 0 Å². The molecule has 0 radical (unpaired) electrons. The number of thiophene rings is 1. The standard InChI is InChI=1S/C12H21N3O2S3.O2/c1-3-5-6-15-8-10(14-4-2)9-7-11(20(13,16)17)18-12(9)19-15;1-2/h7,10,14H,3-6,8H2,1-2H3,(H2,13,16,17);/t10-;/m0./s1. The number of primary sulfonamides is 1. The maximum Gasteiger partial charge on any atom is 0.247 e. The molecule has 1 aromatic rings. The van der Waals surface area contributed by atoms with Crippen molar-refractivity contribution in [2.75, 3.05) is 19.6 Å². The summed E-state index contributed by atoms with van der Waals surface area (Å²) in [6.07, 6.45) is 2.30. The van der Waals surface area contributed by atoms with Crippen molar-refractivity contribution >= 4 is 33.3 Å². The molecular weight excluding hydrogens is 346 g/mol. The lowest BCUT2D eigenvalue weighted by molar-refractivity contribution is 0.374. The Labute approximate surface area is 139 Å². The molecule has 7 nitrogen and oxygen atoms in total. The van der Waals surface area contributed by atoms with E-state index in [9.17, 15) is 8.42 Å². The fourth-order valence-electron chi connectivity index (χ4n) is 2.17. The Morgan fingerprint density at radius 2 is 2.09 bits per heavy atom. The molecule has 0 fully saturated rings. The number of rotatable bonds is 6. The van der Waals surface area contributed by atoms with E-state index < -0.39 is 10.0 Å². The van der Waals surface area contributed by atoms with E-state index in [1.165, 1.54) is 11.3 Å². The molecule has 1 aliphatic heterocycles. The number of nitrogens with zero attached hydrogens (tertiary/aromatic N) is 1. The number of fused-ring (bicyclic) bond motifs is 1. The monoisotopic (exact) mass is 367 g/mol. The third-order valence-corrected chi connectivity index (χ3v) is 7.00. The molecule has 0 aliphatic carbocycles. The summed E-state index contributed by atoms with van der Waals surface area (Å²) in [5.74, 6) is 0. The maximum absolute atomic E-state index is 11.5. The highest BCUT2D eigenvalue weighted by Gasteiger charge is 2.29. The Hall–Kier alpha value is -0.520. The maximum atomic E-state index is 11.5. The van der Waals surface area contributed by atoms with Gasteiger partial charge in [-0.2, -0.15) is 0 Å². The van der Waals surface area contributed by atoms with Crippen LogP contribution in [-0.2, 0) is 10.0 Å². The van der Waals surface area contributed by atoms with Crippen LogP contribution in [0.1, 0.15) is 38.3 Å². The van der Waals surface area contributed by atoms with E-state index in [4.69, 9.17) is 15.1 Å². The quantitative estimate of drug-likeness (QED) is 0.742. The van der Waals surface area contributed by atoms with Crippen molar-refractivity contribution in [3.63, 3.8) is 0 Å². The van der Waals surface area contributed by atoms with Crippen LogP contribution in [0.2, 0.25) is 0 Å². The van der Waals surface area contributed by atoms with E-state index in [0.717, 1.165) is 42.2 Å². The predicted octanol–water partition coefficient (Wildman–Crippen LogP) is 2.24. The fourth-order valence-corrected chi connectivity index (χ4v) is 5.74. The van der Waals surface area contributed by atoms with E-state index in [1.54, 1.807) is 18.0 Å². The first-order valence-electron chi connectivity index (χ1n) is 6.95. The normalized spacial score (nSPS) is 18.4. The van der Waals surface area contributed by atoms with Gasteiger partial charge in [0.1, 0.15) is 4.21 Å². The SMILES string of the molecule is CCCCN1C[C@H](NCC)c2cc(S(N)(=O)=O)sc2S1.O=O. The van der Waals surface area contributed by atoms with Crippen molar-refractivity contribution in [1.29, 1.82) is 0 Å². The molecule has 22 heavy (non-hydrogen) atoms. The van der Waals surface area contributed by atoms with E-state index in [-0.39, 0.29) is 10.3 Å². The highest BCUT2D eigenvalue weighted by molar-refractivity contribution is 7.99. The number of sulfonamides is 1. The Morgan fingerprint density at radius 3 is 2.64 bits per heavy atom. The Bertz CT molecular complexity index is 576. The average Bonchev–Trinajstić information content (AvgIpc) is 2.92. The summed E-state index contributed by atoms with van der Waals surface area (Å²) in [6.45, 7) is 7.01. The van der Waals surface area contributed by atoms with Crippen LogP contribution in [0.3, 0.4) is 0 Å². The number of nitrogens with two attached hydrogens (primary N) is 1. The molecule has 0 saturated heterocycles. The lowest BCUT2D eigenvalue weighted by Crippen LogP contribution is -2.35. The number of hydrogen-bond donors (Lipinski definition) is 2. The van der Waals surface area contributed by atoms with Crippen LogP contribution in [0.4, 0.5) is 0 Å². The van der Waals surface area contributed by atoms with Gasteiger partial charge in [-0.3, -0.25) is 0 Å². The largest absolute Gasteiger partial charge is 0.309 e. The van der Waals surface area contributed by atoms with Crippen molar-refractivity contribution in [3.05, 3.63) is 21.6 Å². The lowest BCUT2D eigenvalue weighted by Gasteiger charge is -2.31. The number of hydrogen-bond acceptors (Lipinski definition) is 8. The van der Waals surface area contributed by atoms with Crippen LogP contribution < -0.4 is 10.5 Å². The third-order valence-electron chi connectivity index (χ3n) is 3.17. The van der Waals surface area contributed by atoms with Gasteiger partial charge in [-0.25, -0.2) is 17.9 Å². The van der Waals surface area contributed by atoms with E-state index in [2.05, 4.69) is 23.5 Å². The van der Waals surface area contributed by atoms with Crippen molar-refractivity contribution in [3.8, 4) is 0 Å². The summed E-state index contributed by atoms with van der Waals surface area (Å²) >= 11 is 2.93. The molecule has 1 atom stereocenters. The highest BCUT2D eigenvalue weighted by Crippen LogP contribution is 2.43. The Morgan fingerprint density at radius 1 is 1.41 bits per heavy atom. The number of unbranched alkanes of at least 4 members (excludes halogenated alkanes) is 1. The summed E-state index contributed by atoms with van der Waals surface area (Å²) in [5.41, 5.74) is 1.07. The molecule has 1 aromatic heterocycles. The van der Waals surface area contributed by atoms with Crippen molar-refractivity contribution in [2.45, 2.75) is 41.1 Å². The molecule has 2 rings (SSSR count). The van der Waals surface area contributed by atoms with Crippen LogP contribution in [0.5, 0.6) is 0 Å². The van der Waals surface area contributed by atoms with Gasteiger partial charge in [0.05, 0.1) is 4.21 Å². The topological polar surface area (TPSA) is 110 Å². The zero-order valence-electron chi connectivity index (χ0n) is 12.6. The second kappa shape index (κ2) is 8.94. The minimum absolute atomic E-state index is 0.180. The van der Waals surface area contributed by atoms with Crippen LogP contribution in [0.15, 0.2) is 14.5 Å². The predicted molar refractivity (Wildman–Crippen MR) is 91.2 cm³/mol. The van der Waals surface area contributed by atoms with Crippen LogP contribution >= 0.6 is 23.3 Å². The Kier molecular flexibility index (Phi) is 7.94. The number of likely N-dealkylation sites (N-methyl/N-ethyl adjacent to an activating group) is 1. The molecule has 2 heterocycles. The van der Waals surface area contributed by atoms with E-state index in [0.29, 0.717) is 0 Å². The molecular formula is C12H21N3O4S3. The second-order valence-corrected chi connectivity index (χ2v) is 9.00. The van der Waals surface area contributed by atoms with Crippen LogP contribution in [0, 0.1) is 9.93 Å². The first kappa shape index (κ1) is 19.5. The fraction of sp³-hybridized carbons (Fsp3) is 0.667. The van der Waals surface area contributed by atoms with Gasteiger partial charge in [-0.15, -0.1) is 11.3 Å². The molecule has 0 amide bonds. The first-order chi connectivity index (χ1) is 10.5. The van der Waals surface area contributed by atoms with E-state index >= 15 is 0 Å². The van der Waals surface area contributed by atoms with Gasteiger partial charge >= 0.3 is 0 Å². The molecule has 10 heteroatoms. The molecule has 0 spiro atoms. The molecule has 1 aliphatic rings. The van der Waals surface area contributed by atoms with Gasteiger partial charge in [0.15, 0.2) is 0 Å². The Balaban J connectivity index is 0.00000116. The molecule has 0 bridgehead atoms. The minimum atomic E-state index is -3.61. The van der Waals surface area contributed by atoms with Gasteiger partial charge in [0.2, 0.25) is 10.0 Å². The molecule has 0 unspecified atom stereocenters.